The predicted molar refractivity (Wildman–Crippen MR) is 74.1 cm³/mol. The molecule has 3 heteroatoms. The highest BCUT2D eigenvalue weighted by Gasteiger charge is 2.14. The number of benzene rings is 1. The normalized spacial score (nSPS) is 13.7. The topological polar surface area (TPSA) is 63.3 Å². The van der Waals surface area contributed by atoms with E-state index in [1.807, 2.05) is 30.3 Å². The van der Waals surface area contributed by atoms with Crippen molar-refractivity contribution in [2.75, 3.05) is 0 Å². The fraction of sp³-hybridized carbons (Fsp3) is 0.400. The number of hydrogen-bond donors (Lipinski definition) is 2. The van der Waals surface area contributed by atoms with Gasteiger partial charge in [0.15, 0.2) is 0 Å². The number of nitrogens with two attached hydrogens (primary N) is 1. The van der Waals surface area contributed by atoms with E-state index in [1.165, 1.54) is 0 Å². The van der Waals surface area contributed by atoms with Gasteiger partial charge in [-0.1, -0.05) is 50.3 Å². The number of carbonyl (C=O) groups is 1. The van der Waals surface area contributed by atoms with Crippen molar-refractivity contribution in [3.63, 3.8) is 0 Å². The molecule has 1 rings (SSSR count). The second-order valence-electron chi connectivity index (χ2n) is 4.86. The molecule has 1 aromatic carbocycles. The van der Waals surface area contributed by atoms with Gasteiger partial charge in [0.05, 0.1) is 6.42 Å². The van der Waals surface area contributed by atoms with Crippen LogP contribution in [0.4, 0.5) is 0 Å². The Morgan fingerprint density at radius 1 is 1.33 bits per heavy atom. The standard InChI is InChI=1S/C15H21NO2/c1-11(2)8-9-13(14(16)10-15(17)18)12-6-4-3-5-7-12/h3-7,9,11,14H,8,10,16H2,1-2H3,(H,17,18)/b13-9+. The van der Waals surface area contributed by atoms with Crippen LogP contribution >= 0.6 is 0 Å². The molecule has 3 nitrogen and oxygen atoms in total. The first-order valence-electron chi connectivity index (χ1n) is 6.23. The summed E-state index contributed by atoms with van der Waals surface area (Å²) >= 11 is 0. The summed E-state index contributed by atoms with van der Waals surface area (Å²) in [6.07, 6.45) is 2.92. The lowest BCUT2D eigenvalue weighted by Gasteiger charge is -2.15. The lowest BCUT2D eigenvalue weighted by atomic mass is 9.94. The summed E-state index contributed by atoms with van der Waals surface area (Å²) in [7, 11) is 0. The van der Waals surface area contributed by atoms with Gasteiger partial charge in [-0.3, -0.25) is 4.79 Å². The van der Waals surface area contributed by atoms with E-state index in [1.54, 1.807) is 0 Å². The lowest BCUT2D eigenvalue weighted by molar-refractivity contribution is -0.137. The highest BCUT2D eigenvalue weighted by molar-refractivity contribution is 5.76. The number of aliphatic carboxylic acids is 1. The Labute approximate surface area is 108 Å². The third-order valence-corrected chi connectivity index (χ3v) is 2.71. The van der Waals surface area contributed by atoms with Crippen LogP contribution in [0.5, 0.6) is 0 Å². The van der Waals surface area contributed by atoms with Crippen LogP contribution in [-0.4, -0.2) is 17.1 Å². The Hall–Kier alpha value is -1.61. The number of allylic oxidation sites excluding steroid dienone is 1. The monoisotopic (exact) mass is 247 g/mol. The number of rotatable bonds is 6. The average molecular weight is 247 g/mol. The van der Waals surface area contributed by atoms with Gasteiger partial charge < -0.3 is 10.8 Å². The Bertz CT molecular complexity index is 410. The first-order chi connectivity index (χ1) is 8.50. The van der Waals surface area contributed by atoms with Crippen molar-refractivity contribution < 1.29 is 9.90 Å². The molecule has 0 saturated heterocycles. The third kappa shape index (κ3) is 4.72. The molecule has 18 heavy (non-hydrogen) atoms. The molecule has 0 radical (unpaired) electrons. The van der Waals surface area contributed by atoms with Gasteiger partial charge in [-0.2, -0.15) is 0 Å². The predicted octanol–water partition coefficient (Wildman–Crippen LogP) is 2.92. The molecule has 3 N–H and O–H groups in total. The third-order valence-electron chi connectivity index (χ3n) is 2.71. The second kappa shape index (κ2) is 6.97. The second-order valence-corrected chi connectivity index (χ2v) is 4.86. The summed E-state index contributed by atoms with van der Waals surface area (Å²) < 4.78 is 0. The SMILES string of the molecule is CC(C)C/C=C(\c1ccccc1)C(N)CC(=O)O. The molecule has 1 unspecified atom stereocenters. The van der Waals surface area contributed by atoms with E-state index in [-0.39, 0.29) is 6.42 Å². The van der Waals surface area contributed by atoms with Crippen molar-refractivity contribution >= 4 is 11.5 Å². The summed E-state index contributed by atoms with van der Waals surface area (Å²) in [5.41, 5.74) is 7.92. The van der Waals surface area contributed by atoms with Crippen LogP contribution in [-0.2, 0) is 4.79 Å². The van der Waals surface area contributed by atoms with Crippen LogP contribution in [0.15, 0.2) is 36.4 Å². The number of hydrogen-bond acceptors (Lipinski definition) is 2. The van der Waals surface area contributed by atoms with Gasteiger partial charge in [-0.05, 0) is 23.5 Å². The van der Waals surface area contributed by atoms with Gasteiger partial charge in [0.25, 0.3) is 0 Å². The molecular formula is C15H21NO2. The lowest BCUT2D eigenvalue weighted by Crippen LogP contribution is -2.25. The molecule has 1 aromatic rings. The van der Waals surface area contributed by atoms with Crippen molar-refractivity contribution in [2.45, 2.75) is 32.7 Å². The zero-order valence-electron chi connectivity index (χ0n) is 11.0. The van der Waals surface area contributed by atoms with E-state index < -0.39 is 12.0 Å². The van der Waals surface area contributed by atoms with Gasteiger partial charge >= 0.3 is 5.97 Å². The van der Waals surface area contributed by atoms with Crippen molar-refractivity contribution in [1.82, 2.24) is 0 Å². The minimum Gasteiger partial charge on any atom is -0.481 e. The van der Waals surface area contributed by atoms with Gasteiger partial charge in [-0.25, -0.2) is 0 Å². The average Bonchev–Trinajstić information content (AvgIpc) is 2.29. The van der Waals surface area contributed by atoms with Crippen LogP contribution in [0.2, 0.25) is 0 Å². The quantitative estimate of drug-likeness (QED) is 0.812. The highest BCUT2D eigenvalue weighted by atomic mass is 16.4. The number of carboxylic acid groups (broad SMARTS) is 1. The molecule has 0 fully saturated rings. The van der Waals surface area contributed by atoms with Gasteiger partial charge in [0.2, 0.25) is 0 Å². The number of carboxylic acids is 1. The minimum atomic E-state index is -0.867. The molecule has 0 aliphatic heterocycles. The summed E-state index contributed by atoms with van der Waals surface area (Å²) in [6, 6.07) is 9.29. The molecule has 1 atom stereocenters. The van der Waals surface area contributed by atoms with E-state index in [4.69, 9.17) is 10.8 Å². The molecule has 98 valence electrons. The van der Waals surface area contributed by atoms with Gasteiger partial charge in [0, 0.05) is 6.04 Å². The molecule has 0 amide bonds. The summed E-state index contributed by atoms with van der Waals surface area (Å²) in [5, 5.41) is 8.85. The van der Waals surface area contributed by atoms with E-state index in [0.717, 1.165) is 17.6 Å². The maximum atomic E-state index is 10.8. The Morgan fingerprint density at radius 2 is 1.94 bits per heavy atom. The van der Waals surface area contributed by atoms with Crippen molar-refractivity contribution in [2.24, 2.45) is 11.7 Å². The maximum Gasteiger partial charge on any atom is 0.305 e. The fourth-order valence-corrected chi connectivity index (χ4v) is 1.77. The first kappa shape index (κ1) is 14.5. The van der Waals surface area contributed by atoms with E-state index in [9.17, 15) is 4.79 Å². The highest BCUT2D eigenvalue weighted by Crippen LogP contribution is 2.21. The molecule has 0 spiro atoms. The maximum absolute atomic E-state index is 10.8. The molecule has 0 aliphatic carbocycles. The molecule has 0 heterocycles. The Kier molecular flexibility index (Phi) is 5.59. The molecule has 0 aliphatic rings. The fourth-order valence-electron chi connectivity index (χ4n) is 1.77. The van der Waals surface area contributed by atoms with Gasteiger partial charge in [-0.15, -0.1) is 0 Å². The van der Waals surface area contributed by atoms with Crippen molar-refractivity contribution in [3.05, 3.63) is 42.0 Å². The molecule has 0 aromatic heterocycles. The van der Waals surface area contributed by atoms with E-state index in [0.29, 0.717) is 5.92 Å². The zero-order valence-corrected chi connectivity index (χ0v) is 11.0. The summed E-state index contributed by atoms with van der Waals surface area (Å²) in [5.74, 6) is -0.338. The summed E-state index contributed by atoms with van der Waals surface area (Å²) in [4.78, 5) is 10.8. The first-order valence-corrected chi connectivity index (χ1v) is 6.23. The molecule has 0 saturated carbocycles. The minimum absolute atomic E-state index is 0.0428. The van der Waals surface area contributed by atoms with Crippen LogP contribution in [0.25, 0.3) is 5.57 Å². The van der Waals surface area contributed by atoms with Crippen molar-refractivity contribution in [1.29, 1.82) is 0 Å². The smallest absolute Gasteiger partial charge is 0.305 e. The zero-order chi connectivity index (χ0) is 13.5. The Morgan fingerprint density at radius 3 is 2.44 bits per heavy atom. The van der Waals surface area contributed by atoms with Crippen LogP contribution in [0.1, 0.15) is 32.3 Å². The Balaban J connectivity index is 2.95. The summed E-state index contributed by atoms with van der Waals surface area (Å²) in [6.45, 7) is 4.25. The van der Waals surface area contributed by atoms with Crippen LogP contribution in [0, 0.1) is 5.92 Å². The van der Waals surface area contributed by atoms with Gasteiger partial charge in [0.1, 0.15) is 0 Å². The van der Waals surface area contributed by atoms with Crippen LogP contribution in [0.3, 0.4) is 0 Å². The van der Waals surface area contributed by atoms with Crippen molar-refractivity contribution in [3.8, 4) is 0 Å². The van der Waals surface area contributed by atoms with E-state index in [2.05, 4.69) is 19.9 Å². The molecular weight excluding hydrogens is 226 g/mol. The largest absolute Gasteiger partial charge is 0.481 e. The van der Waals surface area contributed by atoms with E-state index >= 15 is 0 Å². The van der Waals surface area contributed by atoms with Crippen LogP contribution < -0.4 is 5.73 Å². The molecule has 0 bridgehead atoms.